The first-order valence-corrected chi connectivity index (χ1v) is 9.61. The molecular formula is C14H26NO3Si. The molecule has 1 rings (SSSR count). The van der Waals surface area contributed by atoms with Gasteiger partial charge >= 0.3 is 6.09 Å². The van der Waals surface area contributed by atoms with E-state index in [9.17, 15) is 4.79 Å². The molecule has 19 heavy (non-hydrogen) atoms. The quantitative estimate of drug-likeness (QED) is 0.588. The van der Waals surface area contributed by atoms with Crippen LogP contribution < -0.4 is 0 Å². The summed E-state index contributed by atoms with van der Waals surface area (Å²) < 4.78 is 11.0. The van der Waals surface area contributed by atoms with E-state index in [1.54, 1.807) is 11.0 Å². The molecule has 1 heterocycles. The van der Waals surface area contributed by atoms with Crippen molar-refractivity contribution in [3.05, 3.63) is 18.9 Å². The Morgan fingerprint density at radius 2 is 2.16 bits per heavy atom. The number of ether oxygens (including phenoxy) is 1. The highest BCUT2D eigenvalue weighted by Gasteiger charge is 2.42. The molecule has 1 fully saturated rings. The Balaban J connectivity index is 2.74. The predicted molar refractivity (Wildman–Crippen MR) is 79.0 cm³/mol. The second-order valence-electron chi connectivity index (χ2n) is 6.30. The predicted octanol–water partition coefficient (Wildman–Crippen LogP) is 3.17. The van der Waals surface area contributed by atoms with Gasteiger partial charge in [0.05, 0.1) is 0 Å². The van der Waals surface area contributed by atoms with Crippen LogP contribution in [0.3, 0.4) is 0 Å². The van der Waals surface area contributed by atoms with Crippen molar-refractivity contribution in [3.63, 3.8) is 0 Å². The molecule has 1 unspecified atom stereocenters. The molecule has 1 radical (unpaired) electrons. The second-order valence-corrected chi connectivity index (χ2v) is 8.64. The average molecular weight is 284 g/mol. The number of hydrogen-bond donors (Lipinski definition) is 0. The number of nitrogens with zero attached hydrogens (tertiary/aromatic N) is 1. The van der Waals surface area contributed by atoms with Crippen LogP contribution in [0.4, 0.5) is 4.79 Å². The van der Waals surface area contributed by atoms with Gasteiger partial charge in [0.25, 0.3) is 0 Å². The van der Waals surface area contributed by atoms with Gasteiger partial charge in [0.1, 0.15) is 6.61 Å². The van der Waals surface area contributed by atoms with Gasteiger partial charge in [-0.05, 0) is 24.4 Å². The molecule has 5 heteroatoms. The molecule has 4 nitrogen and oxygen atoms in total. The number of hydrogen-bond acceptors (Lipinski definition) is 3. The molecule has 109 valence electrons. The third-order valence-corrected chi connectivity index (χ3v) is 4.01. The van der Waals surface area contributed by atoms with Gasteiger partial charge in [0.2, 0.25) is 0 Å². The highest BCUT2D eigenvalue weighted by Crippen LogP contribution is 2.40. The number of amides is 1. The fourth-order valence-electron chi connectivity index (χ4n) is 2.06. The lowest BCUT2D eigenvalue weighted by molar-refractivity contribution is 0.0928. The van der Waals surface area contributed by atoms with Crippen molar-refractivity contribution >= 4 is 15.1 Å². The zero-order valence-electron chi connectivity index (χ0n) is 12.7. The fraction of sp³-hybridized carbons (Fsp3) is 0.714. The van der Waals surface area contributed by atoms with E-state index >= 15 is 0 Å². The number of rotatable bonds is 4. The van der Waals surface area contributed by atoms with Crippen LogP contribution in [0, 0.1) is 17.6 Å². The SMILES string of the molecule is C=CCOC(=O)N1CC(C(C)(C)C)C[C]1O[SiH](C)C. The lowest BCUT2D eigenvalue weighted by atomic mass is 9.80. The van der Waals surface area contributed by atoms with Crippen molar-refractivity contribution < 1.29 is 14.0 Å². The molecule has 0 saturated carbocycles. The Bertz CT molecular complexity index is 325. The standard InChI is InChI=1S/C14H26NO3Si/c1-7-8-17-13(16)15-10-11(14(2,3)4)9-12(15)18-19(5)6/h7,11,19H,1,8-10H2,2-6H3. The monoisotopic (exact) mass is 284 g/mol. The summed E-state index contributed by atoms with van der Waals surface area (Å²) in [6.07, 6.45) is 2.86. The molecule has 0 aromatic heterocycles. The third kappa shape index (κ3) is 4.65. The number of carbonyl (C=O) groups is 1. The van der Waals surface area contributed by atoms with E-state index < -0.39 is 9.04 Å². The highest BCUT2D eigenvalue weighted by molar-refractivity contribution is 6.48. The van der Waals surface area contributed by atoms with Crippen molar-refractivity contribution in [2.24, 2.45) is 11.3 Å². The molecule has 0 bridgehead atoms. The minimum Gasteiger partial charge on any atom is -0.445 e. The summed E-state index contributed by atoms with van der Waals surface area (Å²) in [5, 5.41) is 0. The maximum atomic E-state index is 12.0. The fourth-order valence-corrected chi connectivity index (χ4v) is 2.82. The van der Waals surface area contributed by atoms with Gasteiger partial charge in [0.15, 0.2) is 15.3 Å². The van der Waals surface area contributed by atoms with Crippen LogP contribution in [0.2, 0.25) is 13.1 Å². The second kappa shape index (κ2) is 6.57. The normalized spacial score (nSPS) is 20.9. The molecule has 1 saturated heterocycles. The van der Waals surface area contributed by atoms with Crippen LogP contribution in [0.15, 0.2) is 12.7 Å². The number of likely N-dealkylation sites (tertiary alicyclic amines) is 1. The van der Waals surface area contributed by atoms with E-state index in [0.717, 1.165) is 12.6 Å². The van der Waals surface area contributed by atoms with Crippen molar-refractivity contribution in [1.82, 2.24) is 4.90 Å². The van der Waals surface area contributed by atoms with Gasteiger partial charge in [-0.25, -0.2) is 4.79 Å². The first kappa shape index (κ1) is 16.2. The molecular weight excluding hydrogens is 258 g/mol. The zero-order chi connectivity index (χ0) is 14.6. The van der Waals surface area contributed by atoms with Crippen molar-refractivity contribution in [2.75, 3.05) is 13.2 Å². The van der Waals surface area contributed by atoms with Crippen LogP contribution in [-0.4, -0.2) is 33.2 Å². The van der Waals surface area contributed by atoms with Gasteiger partial charge in [0, 0.05) is 13.0 Å². The van der Waals surface area contributed by atoms with Crippen LogP contribution in [-0.2, 0) is 9.16 Å². The van der Waals surface area contributed by atoms with Crippen LogP contribution >= 0.6 is 0 Å². The maximum Gasteiger partial charge on any atom is 0.412 e. The summed E-state index contributed by atoms with van der Waals surface area (Å²) >= 11 is 0. The Hall–Kier alpha value is -0.813. The van der Waals surface area contributed by atoms with Gasteiger partial charge in [-0.2, -0.15) is 0 Å². The average Bonchev–Trinajstić information content (AvgIpc) is 2.68. The molecule has 1 aliphatic rings. The van der Waals surface area contributed by atoms with Crippen molar-refractivity contribution in [2.45, 2.75) is 40.3 Å². The van der Waals surface area contributed by atoms with Crippen LogP contribution in [0.25, 0.3) is 0 Å². The molecule has 0 N–H and O–H groups in total. The summed E-state index contributed by atoms with van der Waals surface area (Å²) in [7, 11) is -1.22. The molecule has 1 aliphatic heterocycles. The third-order valence-electron chi connectivity index (χ3n) is 3.27. The summed E-state index contributed by atoms with van der Waals surface area (Å²) in [6, 6.07) is 0. The van der Waals surface area contributed by atoms with Gasteiger partial charge in [-0.3, -0.25) is 4.90 Å². The molecule has 0 aromatic carbocycles. The largest absolute Gasteiger partial charge is 0.445 e. The maximum absolute atomic E-state index is 12.0. The highest BCUT2D eigenvalue weighted by atomic mass is 28.3. The first-order valence-electron chi connectivity index (χ1n) is 6.83. The zero-order valence-corrected chi connectivity index (χ0v) is 13.9. The van der Waals surface area contributed by atoms with Crippen LogP contribution in [0.1, 0.15) is 27.2 Å². The van der Waals surface area contributed by atoms with Crippen molar-refractivity contribution in [3.8, 4) is 0 Å². The molecule has 0 aliphatic carbocycles. The smallest absolute Gasteiger partial charge is 0.412 e. The Morgan fingerprint density at radius 1 is 1.53 bits per heavy atom. The molecule has 1 atom stereocenters. The van der Waals surface area contributed by atoms with E-state index in [0.29, 0.717) is 12.5 Å². The van der Waals surface area contributed by atoms with E-state index in [-0.39, 0.29) is 18.1 Å². The van der Waals surface area contributed by atoms with Gasteiger partial charge < -0.3 is 9.16 Å². The van der Waals surface area contributed by atoms with E-state index in [4.69, 9.17) is 9.16 Å². The van der Waals surface area contributed by atoms with Crippen molar-refractivity contribution in [1.29, 1.82) is 0 Å². The summed E-state index contributed by atoms with van der Waals surface area (Å²) in [6.45, 7) is 15.3. The van der Waals surface area contributed by atoms with Gasteiger partial charge in [-0.1, -0.05) is 33.4 Å². The Labute approximate surface area is 118 Å². The molecule has 1 amide bonds. The molecule has 0 spiro atoms. The lowest BCUT2D eigenvalue weighted by Gasteiger charge is -2.26. The van der Waals surface area contributed by atoms with E-state index in [1.807, 2.05) is 0 Å². The molecule has 0 aromatic rings. The Kier molecular flexibility index (Phi) is 5.61. The minimum absolute atomic E-state index is 0.153. The number of carbonyl (C=O) groups excluding carboxylic acids is 1. The van der Waals surface area contributed by atoms with Gasteiger partial charge in [-0.15, -0.1) is 0 Å². The summed E-state index contributed by atoms with van der Waals surface area (Å²) in [5.74, 6) is 0.409. The lowest BCUT2D eigenvalue weighted by Crippen LogP contribution is -2.35. The van der Waals surface area contributed by atoms with E-state index in [1.165, 1.54) is 0 Å². The van der Waals surface area contributed by atoms with Crippen LogP contribution in [0.5, 0.6) is 0 Å². The topological polar surface area (TPSA) is 38.8 Å². The first-order chi connectivity index (χ1) is 8.75. The minimum atomic E-state index is -1.22. The van der Waals surface area contributed by atoms with E-state index in [2.05, 4.69) is 40.4 Å². The summed E-state index contributed by atoms with van der Waals surface area (Å²) in [5.41, 5.74) is 0.153. The summed E-state index contributed by atoms with van der Waals surface area (Å²) in [4.78, 5) is 13.7. The Morgan fingerprint density at radius 3 is 2.63 bits per heavy atom.